The van der Waals surface area contributed by atoms with Crippen LogP contribution in [0.3, 0.4) is 0 Å². The fraction of sp³-hybridized carbons (Fsp3) is 0.538. The maximum atomic E-state index is 14.1. The van der Waals surface area contributed by atoms with Gasteiger partial charge in [0.2, 0.25) is 0 Å². The molecule has 2 unspecified atom stereocenters. The first-order valence-electron chi connectivity index (χ1n) is 5.91. The summed E-state index contributed by atoms with van der Waals surface area (Å²) >= 11 is 9.14. The van der Waals surface area contributed by atoms with Gasteiger partial charge in [-0.05, 0) is 47.2 Å². The highest BCUT2D eigenvalue weighted by Crippen LogP contribution is 2.44. The first-order chi connectivity index (χ1) is 7.98. The lowest BCUT2D eigenvalue weighted by molar-refractivity contribution is 0.405. The van der Waals surface area contributed by atoms with Gasteiger partial charge in [0, 0.05) is 15.6 Å². The fourth-order valence-corrected chi connectivity index (χ4v) is 3.16. The average Bonchev–Trinajstić information content (AvgIpc) is 2.69. The zero-order chi connectivity index (χ0) is 12.6. The second-order valence-corrected chi connectivity index (χ2v) is 6.13. The van der Waals surface area contributed by atoms with Crippen molar-refractivity contribution in [2.45, 2.75) is 38.1 Å². The molecule has 17 heavy (non-hydrogen) atoms. The Morgan fingerprint density at radius 1 is 1.59 bits per heavy atom. The summed E-state index contributed by atoms with van der Waals surface area (Å²) in [5.41, 5.74) is 6.36. The summed E-state index contributed by atoms with van der Waals surface area (Å²) < 4.78 is 14.7. The lowest BCUT2D eigenvalue weighted by Gasteiger charge is -2.26. The molecular weight excluding hydrogens is 305 g/mol. The lowest BCUT2D eigenvalue weighted by atomic mass is 9.87. The summed E-state index contributed by atoms with van der Waals surface area (Å²) in [5.74, 6) is 0.224. The van der Waals surface area contributed by atoms with Crippen LogP contribution in [0, 0.1) is 11.7 Å². The van der Waals surface area contributed by atoms with Crippen LogP contribution in [-0.4, -0.2) is 0 Å². The number of hydrogen-bond acceptors (Lipinski definition) is 1. The number of benzene rings is 1. The van der Waals surface area contributed by atoms with Crippen LogP contribution in [0.2, 0.25) is 5.02 Å². The van der Waals surface area contributed by atoms with Gasteiger partial charge in [-0.2, -0.15) is 0 Å². The predicted molar refractivity (Wildman–Crippen MR) is 72.6 cm³/mol. The standard InChI is InChI=1S/C13H16BrClFN/c1-2-8-5-6-13(17,7-8)9-3-4-10(14)11(15)12(9)16/h3-4,8H,2,5-7,17H2,1H3. The van der Waals surface area contributed by atoms with E-state index in [1.54, 1.807) is 12.1 Å². The van der Waals surface area contributed by atoms with E-state index < -0.39 is 5.54 Å². The number of halogens is 3. The van der Waals surface area contributed by atoms with Crippen molar-refractivity contribution >= 4 is 27.5 Å². The zero-order valence-electron chi connectivity index (χ0n) is 9.77. The minimum Gasteiger partial charge on any atom is -0.321 e. The van der Waals surface area contributed by atoms with Crippen molar-refractivity contribution in [3.63, 3.8) is 0 Å². The molecule has 1 aromatic rings. The molecule has 1 aromatic carbocycles. The number of rotatable bonds is 2. The van der Waals surface area contributed by atoms with E-state index in [4.69, 9.17) is 17.3 Å². The summed E-state index contributed by atoms with van der Waals surface area (Å²) in [7, 11) is 0. The second kappa shape index (κ2) is 4.87. The molecule has 0 aliphatic heterocycles. The molecule has 1 saturated carbocycles. The van der Waals surface area contributed by atoms with E-state index >= 15 is 0 Å². The predicted octanol–water partition coefficient (Wildman–Crippen LogP) is 4.61. The van der Waals surface area contributed by atoms with Gasteiger partial charge in [0.1, 0.15) is 5.82 Å². The molecule has 1 fully saturated rings. The van der Waals surface area contributed by atoms with Gasteiger partial charge in [-0.3, -0.25) is 0 Å². The summed E-state index contributed by atoms with van der Waals surface area (Å²) in [6.07, 6.45) is 3.85. The van der Waals surface area contributed by atoms with Gasteiger partial charge in [0.15, 0.2) is 0 Å². The number of hydrogen-bond donors (Lipinski definition) is 1. The maximum absolute atomic E-state index is 14.1. The van der Waals surface area contributed by atoms with Gasteiger partial charge in [-0.15, -0.1) is 0 Å². The molecule has 0 bridgehead atoms. The van der Waals surface area contributed by atoms with E-state index in [-0.39, 0.29) is 10.8 Å². The van der Waals surface area contributed by atoms with Crippen LogP contribution >= 0.6 is 27.5 Å². The van der Waals surface area contributed by atoms with E-state index in [1.165, 1.54) is 0 Å². The van der Waals surface area contributed by atoms with Crippen molar-refractivity contribution in [3.05, 3.63) is 33.0 Å². The fourth-order valence-electron chi connectivity index (χ4n) is 2.68. The van der Waals surface area contributed by atoms with Gasteiger partial charge in [-0.1, -0.05) is 31.0 Å². The molecule has 1 aliphatic carbocycles. The summed E-state index contributed by atoms with van der Waals surface area (Å²) in [6.45, 7) is 2.15. The third-order valence-corrected chi connectivity index (χ3v) is 5.06. The summed E-state index contributed by atoms with van der Waals surface area (Å²) in [6, 6.07) is 3.53. The smallest absolute Gasteiger partial charge is 0.147 e. The molecule has 0 saturated heterocycles. The molecule has 0 heterocycles. The van der Waals surface area contributed by atoms with E-state index in [2.05, 4.69) is 22.9 Å². The number of nitrogens with two attached hydrogens (primary N) is 1. The van der Waals surface area contributed by atoms with Crippen LogP contribution in [0.25, 0.3) is 0 Å². The Labute approximate surface area is 115 Å². The average molecular weight is 321 g/mol. The van der Waals surface area contributed by atoms with Gasteiger partial charge in [0.25, 0.3) is 0 Å². The molecular formula is C13H16BrClFN. The van der Waals surface area contributed by atoms with Crippen LogP contribution in [0.4, 0.5) is 4.39 Å². The molecule has 4 heteroatoms. The second-order valence-electron chi connectivity index (χ2n) is 4.90. The normalized spacial score (nSPS) is 28.6. The topological polar surface area (TPSA) is 26.0 Å². The maximum Gasteiger partial charge on any atom is 0.147 e. The molecule has 2 atom stereocenters. The molecule has 1 aliphatic rings. The highest BCUT2D eigenvalue weighted by Gasteiger charge is 2.38. The van der Waals surface area contributed by atoms with Crippen molar-refractivity contribution in [2.75, 3.05) is 0 Å². The Morgan fingerprint density at radius 2 is 2.29 bits per heavy atom. The van der Waals surface area contributed by atoms with Gasteiger partial charge < -0.3 is 5.73 Å². The Balaban J connectivity index is 2.38. The van der Waals surface area contributed by atoms with Gasteiger partial charge in [0.05, 0.1) is 5.02 Å². The largest absolute Gasteiger partial charge is 0.321 e. The molecule has 2 rings (SSSR count). The van der Waals surface area contributed by atoms with Crippen LogP contribution in [0.5, 0.6) is 0 Å². The Morgan fingerprint density at radius 3 is 2.88 bits per heavy atom. The van der Waals surface area contributed by atoms with Crippen LogP contribution in [0.1, 0.15) is 38.2 Å². The van der Waals surface area contributed by atoms with E-state index in [9.17, 15) is 4.39 Å². The first kappa shape index (κ1) is 13.3. The minimum atomic E-state index is -0.547. The Kier molecular flexibility index (Phi) is 3.81. The SMILES string of the molecule is CCC1CCC(N)(c2ccc(Br)c(Cl)c2F)C1. The summed E-state index contributed by atoms with van der Waals surface area (Å²) in [4.78, 5) is 0. The van der Waals surface area contributed by atoms with Crippen molar-refractivity contribution in [1.82, 2.24) is 0 Å². The lowest BCUT2D eigenvalue weighted by Crippen LogP contribution is -2.34. The monoisotopic (exact) mass is 319 g/mol. The molecule has 0 radical (unpaired) electrons. The van der Waals surface area contributed by atoms with Gasteiger partial charge in [-0.25, -0.2) is 4.39 Å². The van der Waals surface area contributed by atoms with Crippen molar-refractivity contribution in [3.8, 4) is 0 Å². The Bertz CT molecular complexity index is 438. The third-order valence-electron chi connectivity index (χ3n) is 3.80. The minimum absolute atomic E-state index is 0.132. The Hall–Kier alpha value is -0.120. The molecule has 2 N–H and O–H groups in total. The van der Waals surface area contributed by atoms with Crippen molar-refractivity contribution < 1.29 is 4.39 Å². The van der Waals surface area contributed by atoms with Crippen LogP contribution in [0.15, 0.2) is 16.6 Å². The highest BCUT2D eigenvalue weighted by atomic mass is 79.9. The molecule has 0 spiro atoms. The van der Waals surface area contributed by atoms with Crippen molar-refractivity contribution in [2.24, 2.45) is 11.7 Å². The highest BCUT2D eigenvalue weighted by molar-refractivity contribution is 9.10. The molecule has 1 nitrogen and oxygen atoms in total. The summed E-state index contributed by atoms with van der Waals surface area (Å²) in [5, 5.41) is 0.132. The molecule has 0 amide bonds. The first-order valence-corrected chi connectivity index (χ1v) is 7.08. The van der Waals surface area contributed by atoms with Crippen LogP contribution in [-0.2, 0) is 5.54 Å². The zero-order valence-corrected chi connectivity index (χ0v) is 12.1. The van der Waals surface area contributed by atoms with E-state index in [0.717, 1.165) is 25.7 Å². The van der Waals surface area contributed by atoms with Gasteiger partial charge >= 0.3 is 0 Å². The molecule has 0 aromatic heterocycles. The molecule has 94 valence electrons. The van der Waals surface area contributed by atoms with E-state index in [1.807, 2.05) is 0 Å². The van der Waals surface area contributed by atoms with Crippen molar-refractivity contribution in [1.29, 1.82) is 0 Å². The van der Waals surface area contributed by atoms with Crippen LogP contribution < -0.4 is 5.73 Å². The van der Waals surface area contributed by atoms with E-state index in [0.29, 0.717) is 16.0 Å². The third kappa shape index (κ3) is 2.38. The quantitative estimate of drug-likeness (QED) is 0.791.